The van der Waals surface area contributed by atoms with Crippen molar-refractivity contribution in [2.45, 2.75) is 13.2 Å². The van der Waals surface area contributed by atoms with Crippen molar-refractivity contribution < 1.29 is 19.4 Å². The summed E-state index contributed by atoms with van der Waals surface area (Å²) in [6.45, 7) is 0.279. The molecule has 0 saturated carbocycles. The Bertz CT molecular complexity index is 1280. The van der Waals surface area contributed by atoms with Crippen LogP contribution in [-0.2, 0) is 13.2 Å². The molecule has 2 N–H and O–H groups in total. The van der Waals surface area contributed by atoms with E-state index in [1.54, 1.807) is 37.1 Å². The molecule has 0 aliphatic carbocycles. The van der Waals surface area contributed by atoms with Gasteiger partial charge in [0.15, 0.2) is 11.5 Å². The summed E-state index contributed by atoms with van der Waals surface area (Å²) in [5.41, 5.74) is 3.74. The van der Waals surface area contributed by atoms with Crippen molar-refractivity contribution in [1.82, 2.24) is 4.57 Å². The minimum atomic E-state index is -0.161. The number of anilines is 1. The van der Waals surface area contributed by atoms with E-state index in [-0.39, 0.29) is 12.5 Å². The highest BCUT2D eigenvalue weighted by atomic mass is 127. The fourth-order valence-electron chi connectivity index (χ4n) is 3.66. The van der Waals surface area contributed by atoms with Crippen LogP contribution in [0.1, 0.15) is 21.5 Å². The molecule has 4 aromatic rings. The number of hydrogen-bond acceptors (Lipinski definition) is 5. The number of carbonyl (C=O) groups excluding carboxylic acids is 1. The Morgan fingerprint density at radius 2 is 1.84 bits per heavy atom. The van der Waals surface area contributed by atoms with Crippen LogP contribution >= 0.6 is 22.6 Å². The molecule has 1 aromatic heterocycles. The predicted octanol–water partition coefficient (Wildman–Crippen LogP) is 5.06. The van der Waals surface area contributed by atoms with Gasteiger partial charge in [0, 0.05) is 28.3 Å². The largest absolute Gasteiger partial charge is 0.493 e. The number of aromatic nitrogens is 1. The van der Waals surface area contributed by atoms with Crippen molar-refractivity contribution in [3.63, 3.8) is 0 Å². The fraction of sp³-hybridized carbons (Fsp3) is 0.160. The fourth-order valence-corrected chi connectivity index (χ4v) is 4.46. The molecule has 164 valence electrons. The zero-order valence-corrected chi connectivity index (χ0v) is 19.9. The number of ether oxygens (including phenoxy) is 2. The lowest BCUT2D eigenvalue weighted by molar-refractivity contribution is 0.0965. The van der Waals surface area contributed by atoms with Gasteiger partial charge < -0.3 is 19.9 Å². The monoisotopic (exact) mass is 542 g/mol. The minimum absolute atomic E-state index is 0.0258. The first-order valence-electron chi connectivity index (χ1n) is 10.1. The van der Waals surface area contributed by atoms with E-state index in [4.69, 9.17) is 9.47 Å². The molecule has 0 aliphatic rings. The van der Waals surface area contributed by atoms with Crippen molar-refractivity contribution in [1.29, 1.82) is 0 Å². The first kappa shape index (κ1) is 22.2. The Balaban J connectivity index is 1.66. The van der Waals surface area contributed by atoms with Gasteiger partial charge in [-0.05, 0) is 64.0 Å². The number of aliphatic hydroxyl groups excluding tert-OH is 1. The van der Waals surface area contributed by atoms with Crippen molar-refractivity contribution in [3.8, 4) is 11.5 Å². The number of hydrogen-bond donors (Lipinski definition) is 2. The first-order valence-corrected chi connectivity index (χ1v) is 11.1. The van der Waals surface area contributed by atoms with Crippen LogP contribution in [0.5, 0.6) is 11.5 Å². The molecule has 3 aromatic carbocycles. The lowest BCUT2D eigenvalue weighted by Gasteiger charge is -2.16. The Labute approximate surface area is 199 Å². The Kier molecular flexibility index (Phi) is 6.66. The van der Waals surface area contributed by atoms with E-state index < -0.39 is 0 Å². The van der Waals surface area contributed by atoms with E-state index in [0.29, 0.717) is 29.4 Å². The third-order valence-electron chi connectivity index (χ3n) is 5.22. The summed E-state index contributed by atoms with van der Waals surface area (Å²) >= 11 is 2.22. The molecule has 0 radical (unpaired) electrons. The average Bonchev–Trinajstić information content (AvgIpc) is 3.25. The lowest BCUT2D eigenvalue weighted by Crippen LogP contribution is -2.13. The highest BCUT2D eigenvalue weighted by molar-refractivity contribution is 14.1. The Morgan fingerprint density at radius 1 is 1.06 bits per heavy atom. The molecule has 0 fully saturated rings. The van der Waals surface area contributed by atoms with Crippen LogP contribution in [0.3, 0.4) is 0 Å². The molecule has 1 heterocycles. The average molecular weight is 542 g/mol. The van der Waals surface area contributed by atoms with E-state index >= 15 is 0 Å². The number of halogens is 1. The summed E-state index contributed by atoms with van der Waals surface area (Å²) < 4.78 is 14.2. The van der Waals surface area contributed by atoms with Gasteiger partial charge in [-0.2, -0.15) is 0 Å². The third kappa shape index (κ3) is 4.44. The second-order valence-corrected chi connectivity index (χ2v) is 8.51. The smallest absolute Gasteiger partial charge is 0.264 e. The summed E-state index contributed by atoms with van der Waals surface area (Å²) in [7, 11) is 3.32. The van der Waals surface area contributed by atoms with E-state index in [2.05, 4.69) is 27.9 Å². The quantitative estimate of drug-likeness (QED) is 0.320. The SMILES string of the molecule is CNc1cc(OCc2cc(I)cc(CO)c2)c(OC)cc1C(=O)n1ccc2ccccc21. The van der Waals surface area contributed by atoms with E-state index in [1.165, 1.54) is 0 Å². The van der Waals surface area contributed by atoms with Gasteiger partial charge in [-0.25, -0.2) is 0 Å². The summed E-state index contributed by atoms with van der Waals surface area (Å²) in [4.78, 5) is 13.4. The summed E-state index contributed by atoms with van der Waals surface area (Å²) in [5.74, 6) is 0.831. The molecule has 0 spiro atoms. The van der Waals surface area contributed by atoms with Gasteiger partial charge in [0.2, 0.25) is 0 Å². The second kappa shape index (κ2) is 9.62. The molecule has 0 atom stereocenters. The van der Waals surface area contributed by atoms with Crippen molar-refractivity contribution >= 4 is 45.1 Å². The number of carbonyl (C=O) groups is 1. The Hall–Kier alpha value is -3.04. The normalized spacial score (nSPS) is 10.9. The third-order valence-corrected chi connectivity index (χ3v) is 5.84. The van der Waals surface area contributed by atoms with Gasteiger partial charge in [-0.15, -0.1) is 0 Å². The predicted molar refractivity (Wildman–Crippen MR) is 134 cm³/mol. The van der Waals surface area contributed by atoms with Gasteiger partial charge in [0.25, 0.3) is 5.91 Å². The van der Waals surface area contributed by atoms with Gasteiger partial charge in [-0.3, -0.25) is 9.36 Å². The highest BCUT2D eigenvalue weighted by Crippen LogP contribution is 2.35. The number of rotatable bonds is 7. The van der Waals surface area contributed by atoms with Crippen LogP contribution in [-0.4, -0.2) is 29.7 Å². The number of nitrogens with one attached hydrogen (secondary N) is 1. The van der Waals surface area contributed by atoms with Crippen LogP contribution in [0.4, 0.5) is 5.69 Å². The molecular formula is C25H23IN2O4. The van der Waals surface area contributed by atoms with Gasteiger partial charge in [-0.1, -0.05) is 24.3 Å². The van der Waals surface area contributed by atoms with E-state index in [9.17, 15) is 9.90 Å². The number of fused-ring (bicyclic) bond motifs is 1. The number of benzene rings is 3. The second-order valence-electron chi connectivity index (χ2n) is 7.26. The standard InChI is InChI=1S/C25H23IN2O4/c1-27-21-13-24(32-15-17-9-16(14-29)10-19(26)11-17)23(31-2)12-20(21)25(30)28-8-7-18-5-3-4-6-22(18)28/h3-13,27,29H,14-15H2,1-2H3. The highest BCUT2D eigenvalue weighted by Gasteiger charge is 2.19. The molecule has 0 saturated heterocycles. The molecule has 0 bridgehead atoms. The molecule has 0 aliphatic heterocycles. The van der Waals surface area contributed by atoms with Crippen LogP contribution in [0.15, 0.2) is 66.9 Å². The molecule has 0 amide bonds. The van der Waals surface area contributed by atoms with Crippen LogP contribution in [0, 0.1) is 3.57 Å². The van der Waals surface area contributed by atoms with Crippen LogP contribution in [0.25, 0.3) is 10.9 Å². The topological polar surface area (TPSA) is 72.7 Å². The molecular weight excluding hydrogens is 519 g/mol. The summed E-state index contributed by atoms with van der Waals surface area (Å²) in [6, 6.07) is 19.0. The molecule has 6 nitrogen and oxygen atoms in total. The van der Waals surface area contributed by atoms with Gasteiger partial charge in [0.05, 0.1) is 30.5 Å². The minimum Gasteiger partial charge on any atom is -0.493 e. The number of methoxy groups -OCH3 is 1. The number of aliphatic hydroxyl groups is 1. The maximum Gasteiger partial charge on any atom is 0.264 e. The lowest BCUT2D eigenvalue weighted by atomic mass is 10.1. The van der Waals surface area contributed by atoms with Crippen molar-refractivity contribution in [2.75, 3.05) is 19.5 Å². The summed E-state index contributed by atoms with van der Waals surface area (Å²) in [6.07, 6.45) is 1.78. The van der Waals surface area contributed by atoms with E-state index in [0.717, 1.165) is 25.6 Å². The summed E-state index contributed by atoms with van der Waals surface area (Å²) in [5, 5.41) is 13.5. The van der Waals surface area contributed by atoms with Crippen molar-refractivity contribution in [3.05, 3.63) is 87.1 Å². The van der Waals surface area contributed by atoms with Crippen LogP contribution in [0.2, 0.25) is 0 Å². The first-order chi connectivity index (χ1) is 15.5. The molecule has 0 unspecified atom stereocenters. The maximum atomic E-state index is 13.4. The van der Waals surface area contributed by atoms with Gasteiger partial charge >= 0.3 is 0 Å². The Morgan fingerprint density at radius 3 is 2.59 bits per heavy atom. The number of para-hydroxylation sites is 1. The zero-order chi connectivity index (χ0) is 22.7. The number of nitrogens with zero attached hydrogens (tertiary/aromatic N) is 1. The van der Waals surface area contributed by atoms with E-state index in [1.807, 2.05) is 48.5 Å². The molecule has 7 heteroatoms. The van der Waals surface area contributed by atoms with Gasteiger partial charge in [0.1, 0.15) is 6.61 Å². The maximum absolute atomic E-state index is 13.4. The van der Waals surface area contributed by atoms with Crippen molar-refractivity contribution in [2.24, 2.45) is 0 Å². The molecule has 32 heavy (non-hydrogen) atoms. The molecule has 4 rings (SSSR count). The zero-order valence-electron chi connectivity index (χ0n) is 17.8. The van der Waals surface area contributed by atoms with Crippen LogP contribution < -0.4 is 14.8 Å².